The Balaban J connectivity index is 1.94. The summed E-state index contributed by atoms with van der Waals surface area (Å²) in [5, 5.41) is 2.88. The van der Waals surface area contributed by atoms with Gasteiger partial charge in [0.05, 0.1) is 11.4 Å². The number of carbonyl (C=O) groups excluding carboxylic acids is 1. The van der Waals surface area contributed by atoms with Crippen LogP contribution in [-0.4, -0.2) is 25.2 Å². The molecule has 33 heavy (non-hydrogen) atoms. The molecule has 0 atom stereocenters. The highest BCUT2D eigenvalue weighted by atomic mass is 32.2. The van der Waals surface area contributed by atoms with Crippen LogP contribution in [0, 0.1) is 19.7 Å². The standard InChI is InChI=1S/C26H29FN2O3S/c1-18(2)23-10-7-8-20(4)26(23)28-25(30)17-29(16-21-9-5-6-11-24(21)27)33(31,32)22-14-12-19(3)13-15-22/h5-15,18H,16-17H2,1-4H3,(H,28,30). The third kappa shape index (κ3) is 5.86. The third-order valence-electron chi connectivity index (χ3n) is 5.47. The van der Waals surface area contributed by atoms with Crippen LogP contribution in [0.3, 0.4) is 0 Å². The number of hydrogen-bond acceptors (Lipinski definition) is 3. The van der Waals surface area contributed by atoms with Gasteiger partial charge in [0, 0.05) is 17.8 Å². The number of nitrogens with zero attached hydrogens (tertiary/aromatic N) is 1. The largest absolute Gasteiger partial charge is 0.324 e. The molecule has 0 bridgehead atoms. The minimum atomic E-state index is -4.05. The SMILES string of the molecule is Cc1ccc(S(=O)(=O)N(CC(=O)Nc2c(C)cccc2C(C)C)Cc2ccccc2F)cc1. The molecule has 3 aromatic carbocycles. The van der Waals surface area contributed by atoms with Crippen LogP contribution in [0.5, 0.6) is 0 Å². The molecule has 3 aromatic rings. The van der Waals surface area contributed by atoms with Crippen LogP contribution in [0.15, 0.2) is 71.6 Å². The number of sulfonamides is 1. The van der Waals surface area contributed by atoms with E-state index in [1.54, 1.807) is 18.2 Å². The van der Waals surface area contributed by atoms with Crippen molar-refractivity contribution in [3.05, 3.63) is 94.8 Å². The zero-order valence-corrected chi connectivity index (χ0v) is 20.1. The maximum absolute atomic E-state index is 14.4. The fraction of sp³-hybridized carbons (Fsp3) is 0.269. The van der Waals surface area contributed by atoms with E-state index in [0.29, 0.717) is 5.69 Å². The maximum atomic E-state index is 14.4. The van der Waals surface area contributed by atoms with E-state index in [4.69, 9.17) is 0 Å². The zero-order chi connectivity index (χ0) is 24.2. The van der Waals surface area contributed by atoms with Gasteiger partial charge >= 0.3 is 0 Å². The van der Waals surface area contributed by atoms with Crippen LogP contribution in [0.25, 0.3) is 0 Å². The molecule has 0 heterocycles. The highest BCUT2D eigenvalue weighted by Gasteiger charge is 2.28. The van der Waals surface area contributed by atoms with Crippen LogP contribution in [0.2, 0.25) is 0 Å². The first kappa shape index (κ1) is 24.6. The van der Waals surface area contributed by atoms with Crippen LogP contribution in [-0.2, 0) is 21.4 Å². The fourth-order valence-electron chi connectivity index (χ4n) is 3.58. The molecular formula is C26H29FN2O3S. The Bertz CT molecular complexity index is 1240. The molecule has 0 saturated heterocycles. The summed E-state index contributed by atoms with van der Waals surface area (Å²) in [5.74, 6) is -0.841. The van der Waals surface area contributed by atoms with E-state index < -0.39 is 28.3 Å². The molecule has 0 radical (unpaired) electrons. The van der Waals surface area contributed by atoms with Crippen molar-refractivity contribution in [3.63, 3.8) is 0 Å². The number of hydrogen-bond donors (Lipinski definition) is 1. The van der Waals surface area contributed by atoms with Crippen molar-refractivity contribution < 1.29 is 17.6 Å². The predicted molar refractivity (Wildman–Crippen MR) is 129 cm³/mol. The number of amides is 1. The number of rotatable bonds is 8. The van der Waals surface area contributed by atoms with Crippen LogP contribution >= 0.6 is 0 Å². The van der Waals surface area contributed by atoms with Gasteiger partial charge in [-0.2, -0.15) is 4.31 Å². The van der Waals surface area contributed by atoms with E-state index in [1.165, 1.54) is 30.3 Å². The summed E-state index contributed by atoms with van der Waals surface area (Å²) in [4.78, 5) is 13.1. The van der Waals surface area contributed by atoms with Crippen molar-refractivity contribution in [1.29, 1.82) is 0 Å². The lowest BCUT2D eigenvalue weighted by molar-refractivity contribution is -0.116. The zero-order valence-electron chi connectivity index (χ0n) is 19.3. The van der Waals surface area contributed by atoms with Crippen molar-refractivity contribution in [2.24, 2.45) is 0 Å². The van der Waals surface area contributed by atoms with Gasteiger partial charge in [-0.15, -0.1) is 0 Å². The minimum absolute atomic E-state index is 0.0519. The van der Waals surface area contributed by atoms with Gasteiger partial charge in [-0.05, 0) is 49.1 Å². The number of nitrogens with one attached hydrogen (secondary N) is 1. The van der Waals surface area contributed by atoms with E-state index in [1.807, 2.05) is 45.9 Å². The van der Waals surface area contributed by atoms with Gasteiger partial charge in [0.15, 0.2) is 0 Å². The molecule has 5 nitrogen and oxygen atoms in total. The predicted octanol–water partition coefficient (Wildman–Crippen LogP) is 5.40. The van der Waals surface area contributed by atoms with Crippen molar-refractivity contribution in [2.45, 2.75) is 45.1 Å². The summed E-state index contributed by atoms with van der Waals surface area (Å²) < 4.78 is 42.2. The Morgan fingerprint density at radius 3 is 2.27 bits per heavy atom. The lowest BCUT2D eigenvalue weighted by Gasteiger charge is -2.23. The first-order valence-electron chi connectivity index (χ1n) is 10.8. The number of benzene rings is 3. The van der Waals surface area contributed by atoms with E-state index in [-0.39, 0.29) is 22.9 Å². The lowest BCUT2D eigenvalue weighted by atomic mass is 9.98. The summed E-state index contributed by atoms with van der Waals surface area (Å²) in [7, 11) is -4.05. The van der Waals surface area contributed by atoms with Crippen molar-refractivity contribution in [3.8, 4) is 0 Å². The van der Waals surface area contributed by atoms with Gasteiger partial charge in [-0.3, -0.25) is 4.79 Å². The van der Waals surface area contributed by atoms with E-state index in [0.717, 1.165) is 21.0 Å². The average Bonchev–Trinajstić information content (AvgIpc) is 2.76. The highest BCUT2D eigenvalue weighted by Crippen LogP contribution is 2.28. The highest BCUT2D eigenvalue weighted by molar-refractivity contribution is 7.89. The molecule has 174 valence electrons. The molecule has 0 aliphatic rings. The number of aryl methyl sites for hydroxylation is 2. The smallest absolute Gasteiger partial charge is 0.243 e. The van der Waals surface area contributed by atoms with Gasteiger partial charge in [-0.1, -0.05) is 67.9 Å². The van der Waals surface area contributed by atoms with Gasteiger partial charge in [0.25, 0.3) is 0 Å². The summed E-state index contributed by atoms with van der Waals surface area (Å²) in [6.45, 7) is 7.09. The molecular weight excluding hydrogens is 439 g/mol. The Labute approximate surface area is 195 Å². The summed E-state index contributed by atoms with van der Waals surface area (Å²) in [6, 6.07) is 18.1. The van der Waals surface area contributed by atoms with Crippen LogP contribution < -0.4 is 5.32 Å². The lowest BCUT2D eigenvalue weighted by Crippen LogP contribution is -2.38. The minimum Gasteiger partial charge on any atom is -0.324 e. The molecule has 0 fully saturated rings. The van der Waals surface area contributed by atoms with Crippen molar-refractivity contribution >= 4 is 21.6 Å². The number of halogens is 1. The Morgan fingerprint density at radius 2 is 1.64 bits per heavy atom. The topological polar surface area (TPSA) is 66.5 Å². The summed E-state index contributed by atoms with van der Waals surface area (Å²) >= 11 is 0. The quantitative estimate of drug-likeness (QED) is 0.482. The molecule has 3 rings (SSSR count). The molecule has 0 aliphatic carbocycles. The Hall–Kier alpha value is -3.03. The van der Waals surface area contributed by atoms with Crippen molar-refractivity contribution in [2.75, 3.05) is 11.9 Å². The normalized spacial score (nSPS) is 11.7. The van der Waals surface area contributed by atoms with E-state index >= 15 is 0 Å². The van der Waals surface area contributed by atoms with Gasteiger partial charge < -0.3 is 5.32 Å². The van der Waals surface area contributed by atoms with Gasteiger partial charge in [0.1, 0.15) is 5.82 Å². The van der Waals surface area contributed by atoms with Crippen LogP contribution in [0.4, 0.5) is 10.1 Å². The van der Waals surface area contributed by atoms with Crippen molar-refractivity contribution in [1.82, 2.24) is 4.31 Å². The molecule has 0 saturated carbocycles. The summed E-state index contributed by atoms with van der Waals surface area (Å²) in [5.41, 5.74) is 3.63. The third-order valence-corrected chi connectivity index (χ3v) is 7.28. The maximum Gasteiger partial charge on any atom is 0.243 e. The van der Waals surface area contributed by atoms with Gasteiger partial charge in [0.2, 0.25) is 15.9 Å². The fourth-order valence-corrected chi connectivity index (χ4v) is 4.96. The second-order valence-electron chi connectivity index (χ2n) is 8.42. The first-order valence-corrected chi connectivity index (χ1v) is 12.2. The van der Waals surface area contributed by atoms with Crippen LogP contribution in [0.1, 0.15) is 42.0 Å². The average molecular weight is 469 g/mol. The second-order valence-corrected chi connectivity index (χ2v) is 10.4. The Kier molecular flexibility index (Phi) is 7.66. The van der Waals surface area contributed by atoms with E-state index in [9.17, 15) is 17.6 Å². The summed E-state index contributed by atoms with van der Waals surface area (Å²) in [6.07, 6.45) is 0. The second kappa shape index (κ2) is 10.3. The first-order chi connectivity index (χ1) is 15.6. The van der Waals surface area contributed by atoms with E-state index in [2.05, 4.69) is 5.32 Å². The molecule has 1 N–H and O–H groups in total. The number of carbonyl (C=O) groups is 1. The molecule has 1 amide bonds. The monoisotopic (exact) mass is 468 g/mol. The molecule has 7 heteroatoms. The molecule has 0 spiro atoms. The number of anilines is 1. The Morgan fingerprint density at radius 1 is 0.970 bits per heavy atom. The van der Waals surface area contributed by atoms with Gasteiger partial charge in [-0.25, -0.2) is 12.8 Å². The molecule has 0 aliphatic heterocycles. The molecule has 0 unspecified atom stereocenters. The number of para-hydroxylation sites is 1. The molecule has 0 aromatic heterocycles.